The monoisotopic (exact) mass is 476 g/mol. The number of aryl methyl sites for hydroxylation is 1. The summed E-state index contributed by atoms with van der Waals surface area (Å²) in [6.45, 7) is 4.04. The van der Waals surface area contributed by atoms with E-state index in [1.54, 1.807) is 18.5 Å². The summed E-state index contributed by atoms with van der Waals surface area (Å²) in [6, 6.07) is 11.2. The third-order valence-corrected chi connectivity index (χ3v) is 7.72. The average molecular weight is 477 g/mol. The third kappa shape index (κ3) is 4.43. The largest absolute Gasteiger partial charge is 0.376 e. The lowest BCUT2D eigenvalue weighted by atomic mass is 9.73. The molecule has 1 aromatic carbocycles. The van der Waals surface area contributed by atoms with Gasteiger partial charge in [0.05, 0.1) is 19.1 Å². The molecule has 0 bridgehead atoms. The normalized spacial score (nSPS) is 25.2. The number of hydrogen-bond acceptors (Lipinski definition) is 5. The molecule has 0 unspecified atom stereocenters. The minimum Gasteiger partial charge on any atom is -0.376 e. The van der Waals surface area contributed by atoms with E-state index in [9.17, 15) is 14.4 Å². The summed E-state index contributed by atoms with van der Waals surface area (Å²) in [7, 11) is 0. The number of carbonyl (C=O) groups excluding carboxylic acids is 3. The first kappa shape index (κ1) is 23.5. The van der Waals surface area contributed by atoms with E-state index in [2.05, 4.69) is 10.3 Å². The Morgan fingerprint density at radius 1 is 1.14 bits per heavy atom. The molecule has 8 heteroatoms. The molecule has 0 saturated carbocycles. The van der Waals surface area contributed by atoms with Gasteiger partial charge in [0.2, 0.25) is 5.91 Å². The summed E-state index contributed by atoms with van der Waals surface area (Å²) < 4.78 is 5.70. The van der Waals surface area contributed by atoms with E-state index in [4.69, 9.17) is 4.74 Å². The Bertz CT molecular complexity index is 1090. The SMILES string of the molecule is Cc1ccccc1CC(=O)N1CCC([C@@]2(c3cccnc3)NC(=O)N(C[C@@H]3CCCO3)C2=O)CC1. The molecule has 3 aliphatic heterocycles. The molecule has 2 aromatic rings. The van der Waals surface area contributed by atoms with Crippen LogP contribution < -0.4 is 5.32 Å². The van der Waals surface area contributed by atoms with E-state index in [0.29, 0.717) is 44.5 Å². The number of aromatic nitrogens is 1. The van der Waals surface area contributed by atoms with Crippen LogP contribution in [0.15, 0.2) is 48.8 Å². The summed E-state index contributed by atoms with van der Waals surface area (Å²) in [4.78, 5) is 47.4. The molecule has 184 valence electrons. The van der Waals surface area contributed by atoms with Crippen LogP contribution in [0.25, 0.3) is 0 Å². The van der Waals surface area contributed by atoms with Crippen molar-refractivity contribution in [2.45, 2.75) is 50.7 Å². The van der Waals surface area contributed by atoms with Crippen LogP contribution >= 0.6 is 0 Å². The van der Waals surface area contributed by atoms with Crippen LogP contribution in [0.3, 0.4) is 0 Å². The summed E-state index contributed by atoms with van der Waals surface area (Å²) in [5, 5.41) is 3.06. The van der Waals surface area contributed by atoms with E-state index < -0.39 is 5.54 Å². The molecule has 3 aliphatic rings. The zero-order valence-corrected chi connectivity index (χ0v) is 20.1. The molecule has 0 radical (unpaired) electrons. The number of benzene rings is 1. The maximum atomic E-state index is 13.9. The van der Waals surface area contributed by atoms with Crippen molar-refractivity contribution < 1.29 is 19.1 Å². The number of hydrogen-bond donors (Lipinski definition) is 1. The Kier molecular flexibility index (Phi) is 6.56. The van der Waals surface area contributed by atoms with Gasteiger partial charge >= 0.3 is 6.03 Å². The van der Waals surface area contributed by atoms with Gasteiger partial charge in [-0.05, 0) is 55.7 Å². The highest BCUT2D eigenvalue weighted by Crippen LogP contribution is 2.41. The van der Waals surface area contributed by atoms with Gasteiger partial charge in [0, 0.05) is 37.7 Å². The summed E-state index contributed by atoms with van der Waals surface area (Å²) in [5.41, 5.74) is 1.67. The maximum absolute atomic E-state index is 13.9. The fraction of sp³-hybridized carbons (Fsp3) is 0.481. The molecule has 2 atom stereocenters. The zero-order valence-electron chi connectivity index (χ0n) is 20.1. The number of pyridine rings is 1. The molecule has 5 rings (SSSR count). The van der Waals surface area contributed by atoms with Crippen molar-refractivity contribution in [1.29, 1.82) is 0 Å². The number of rotatable bonds is 6. The summed E-state index contributed by atoms with van der Waals surface area (Å²) >= 11 is 0. The van der Waals surface area contributed by atoms with E-state index >= 15 is 0 Å². The first-order chi connectivity index (χ1) is 17.0. The molecule has 1 aromatic heterocycles. The van der Waals surface area contributed by atoms with E-state index in [1.807, 2.05) is 42.2 Å². The molecule has 4 amide bonds. The van der Waals surface area contributed by atoms with Gasteiger partial charge in [-0.2, -0.15) is 0 Å². The van der Waals surface area contributed by atoms with E-state index in [0.717, 1.165) is 24.0 Å². The number of imide groups is 1. The lowest BCUT2D eigenvalue weighted by Crippen LogP contribution is -2.54. The number of ether oxygens (including phenoxy) is 1. The molecule has 3 fully saturated rings. The quantitative estimate of drug-likeness (QED) is 0.648. The molecular formula is C27H32N4O4. The molecule has 0 spiro atoms. The Labute approximate surface area is 205 Å². The molecule has 3 saturated heterocycles. The Morgan fingerprint density at radius 2 is 1.94 bits per heavy atom. The smallest absolute Gasteiger partial charge is 0.325 e. The molecule has 8 nitrogen and oxygen atoms in total. The van der Waals surface area contributed by atoms with Crippen LogP contribution in [0.1, 0.15) is 42.4 Å². The van der Waals surface area contributed by atoms with E-state index in [-0.39, 0.29) is 36.4 Å². The van der Waals surface area contributed by atoms with Gasteiger partial charge in [-0.25, -0.2) is 4.79 Å². The number of nitrogens with zero attached hydrogens (tertiary/aromatic N) is 3. The lowest BCUT2D eigenvalue weighted by molar-refractivity contribution is -0.137. The van der Waals surface area contributed by atoms with Gasteiger partial charge in [0.15, 0.2) is 5.54 Å². The zero-order chi connectivity index (χ0) is 24.4. The van der Waals surface area contributed by atoms with Crippen LogP contribution in [0, 0.1) is 12.8 Å². The van der Waals surface area contributed by atoms with Crippen molar-refractivity contribution in [3.63, 3.8) is 0 Å². The number of carbonyl (C=O) groups is 3. The Balaban J connectivity index is 1.34. The lowest BCUT2D eigenvalue weighted by Gasteiger charge is -2.41. The number of amides is 4. The van der Waals surface area contributed by atoms with Crippen molar-refractivity contribution in [3.05, 3.63) is 65.5 Å². The van der Waals surface area contributed by atoms with Gasteiger partial charge in [-0.1, -0.05) is 30.3 Å². The fourth-order valence-electron chi connectivity index (χ4n) is 5.70. The fourth-order valence-corrected chi connectivity index (χ4v) is 5.70. The Morgan fingerprint density at radius 3 is 2.63 bits per heavy atom. The molecular weight excluding hydrogens is 444 g/mol. The first-order valence-electron chi connectivity index (χ1n) is 12.5. The molecule has 4 heterocycles. The highest BCUT2D eigenvalue weighted by atomic mass is 16.5. The van der Waals surface area contributed by atoms with Gasteiger partial charge in [0.1, 0.15) is 0 Å². The highest BCUT2D eigenvalue weighted by Gasteiger charge is 2.57. The number of piperidine rings is 1. The van der Waals surface area contributed by atoms with Crippen molar-refractivity contribution >= 4 is 17.8 Å². The standard InChI is InChI=1S/C27H32N4O4/c1-19-6-2-3-7-20(19)16-24(32)30-13-10-21(11-14-30)27(22-8-4-12-28-17-22)25(33)31(26(34)29-27)18-23-9-5-15-35-23/h2-4,6-8,12,17,21,23H,5,9-11,13-16,18H2,1H3,(H,29,34)/t23-,27-/m0/s1. The van der Waals surface area contributed by atoms with Gasteiger partial charge < -0.3 is 15.0 Å². The minimum atomic E-state index is -1.17. The number of urea groups is 1. The molecule has 1 N–H and O–H groups in total. The van der Waals surface area contributed by atoms with Crippen LogP contribution in [-0.2, 0) is 26.3 Å². The van der Waals surface area contributed by atoms with Crippen molar-refractivity contribution in [3.8, 4) is 0 Å². The predicted octanol–water partition coefficient (Wildman–Crippen LogP) is 2.80. The second-order valence-corrected chi connectivity index (χ2v) is 9.79. The maximum Gasteiger partial charge on any atom is 0.325 e. The van der Waals surface area contributed by atoms with Crippen LogP contribution in [-0.4, -0.2) is 65.0 Å². The molecule has 0 aliphatic carbocycles. The number of nitrogens with one attached hydrogen (secondary N) is 1. The Hall–Kier alpha value is -3.26. The van der Waals surface area contributed by atoms with Crippen molar-refractivity contribution in [1.82, 2.24) is 20.1 Å². The van der Waals surface area contributed by atoms with Gasteiger partial charge in [-0.3, -0.25) is 19.5 Å². The molecule has 35 heavy (non-hydrogen) atoms. The van der Waals surface area contributed by atoms with Crippen LogP contribution in [0.5, 0.6) is 0 Å². The van der Waals surface area contributed by atoms with Gasteiger partial charge in [-0.15, -0.1) is 0 Å². The second kappa shape index (κ2) is 9.77. The van der Waals surface area contributed by atoms with E-state index in [1.165, 1.54) is 4.90 Å². The second-order valence-electron chi connectivity index (χ2n) is 9.79. The van der Waals surface area contributed by atoms with Crippen molar-refractivity contribution in [2.75, 3.05) is 26.2 Å². The third-order valence-electron chi connectivity index (χ3n) is 7.72. The first-order valence-corrected chi connectivity index (χ1v) is 12.5. The topological polar surface area (TPSA) is 91.8 Å². The summed E-state index contributed by atoms with van der Waals surface area (Å²) in [6.07, 6.45) is 6.61. The van der Waals surface area contributed by atoms with Crippen LogP contribution in [0.2, 0.25) is 0 Å². The highest BCUT2D eigenvalue weighted by molar-refractivity contribution is 6.07. The van der Waals surface area contributed by atoms with Gasteiger partial charge in [0.25, 0.3) is 5.91 Å². The summed E-state index contributed by atoms with van der Waals surface area (Å²) in [5.74, 6) is -0.286. The predicted molar refractivity (Wildman–Crippen MR) is 129 cm³/mol. The van der Waals surface area contributed by atoms with Crippen molar-refractivity contribution in [2.24, 2.45) is 5.92 Å². The minimum absolute atomic E-state index is 0.0926. The number of likely N-dealkylation sites (tertiary alicyclic amines) is 1. The average Bonchev–Trinajstić information content (AvgIpc) is 3.49. The van der Waals surface area contributed by atoms with Crippen LogP contribution in [0.4, 0.5) is 4.79 Å².